The highest BCUT2D eigenvalue weighted by Gasteiger charge is 2.25. The van der Waals surface area contributed by atoms with Gasteiger partial charge in [-0.1, -0.05) is 19.1 Å². The highest BCUT2D eigenvalue weighted by atomic mass is 16.4. The Kier molecular flexibility index (Phi) is 4.93. The van der Waals surface area contributed by atoms with Crippen LogP contribution in [0.3, 0.4) is 0 Å². The fourth-order valence-electron chi connectivity index (χ4n) is 2.92. The number of aliphatic carboxylic acids is 1. The van der Waals surface area contributed by atoms with E-state index in [2.05, 4.69) is 39.2 Å². The number of nitrogens with one attached hydrogen (secondary N) is 1. The van der Waals surface area contributed by atoms with Crippen LogP contribution >= 0.6 is 0 Å². The Bertz CT molecular complexity index is 694. The molecule has 2 heterocycles. The van der Waals surface area contributed by atoms with E-state index >= 15 is 0 Å². The quantitative estimate of drug-likeness (QED) is 0.879. The highest BCUT2D eigenvalue weighted by molar-refractivity contribution is 5.70. The van der Waals surface area contributed by atoms with Gasteiger partial charge in [0.1, 0.15) is 18.0 Å². The highest BCUT2D eigenvalue weighted by Crippen LogP contribution is 2.24. The molecule has 24 heavy (non-hydrogen) atoms. The van der Waals surface area contributed by atoms with Crippen LogP contribution in [0.25, 0.3) is 0 Å². The molecule has 0 atom stereocenters. The van der Waals surface area contributed by atoms with Crippen molar-refractivity contribution < 1.29 is 9.90 Å². The number of aryl methyl sites for hydroxylation is 1. The van der Waals surface area contributed by atoms with Crippen molar-refractivity contribution in [2.45, 2.75) is 26.2 Å². The second-order valence-electron chi connectivity index (χ2n) is 6.04. The van der Waals surface area contributed by atoms with Crippen molar-refractivity contribution in [2.24, 2.45) is 5.92 Å². The molecule has 1 aliphatic heterocycles. The molecule has 1 fully saturated rings. The minimum Gasteiger partial charge on any atom is -0.481 e. The second kappa shape index (κ2) is 7.29. The SMILES string of the molecule is CCc1ccc(Nc2cc(N3CCC(C(=O)O)CC3)ncn2)cc1. The van der Waals surface area contributed by atoms with E-state index in [-0.39, 0.29) is 5.92 Å². The van der Waals surface area contributed by atoms with Crippen LogP contribution in [0.15, 0.2) is 36.7 Å². The van der Waals surface area contributed by atoms with Crippen molar-refractivity contribution in [3.8, 4) is 0 Å². The molecule has 126 valence electrons. The summed E-state index contributed by atoms with van der Waals surface area (Å²) in [6.07, 6.45) is 3.87. The molecule has 6 heteroatoms. The topological polar surface area (TPSA) is 78.4 Å². The van der Waals surface area contributed by atoms with Gasteiger partial charge in [0.15, 0.2) is 0 Å². The average Bonchev–Trinajstić information content (AvgIpc) is 2.63. The van der Waals surface area contributed by atoms with Gasteiger partial charge in [-0.25, -0.2) is 9.97 Å². The molecule has 2 N–H and O–H groups in total. The predicted octanol–water partition coefficient (Wildman–Crippen LogP) is 3.08. The molecule has 0 spiro atoms. The fourth-order valence-corrected chi connectivity index (χ4v) is 2.92. The predicted molar refractivity (Wildman–Crippen MR) is 93.7 cm³/mol. The Balaban J connectivity index is 1.66. The minimum absolute atomic E-state index is 0.238. The first kappa shape index (κ1) is 16.2. The van der Waals surface area contributed by atoms with Gasteiger partial charge < -0.3 is 15.3 Å². The van der Waals surface area contributed by atoms with E-state index in [1.54, 1.807) is 6.33 Å². The molecule has 0 saturated carbocycles. The maximum Gasteiger partial charge on any atom is 0.306 e. The summed E-state index contributed by atoms with van der Waals surface area (Å²) in [6.45, 7) is 3.55. The van der Waals surface area contributed by atoms with Gasteiger partial charge in [0.2, 0.25) is 0 Å². The lowest BCUT2D eigenvalue weighted by atomic mass is 9.97. The normalized spacial score (nSPS) is 15.3. The number of benzene rings is 1. The van der Waals surface area contributed by atoms with Crippen LogP contribution in [-0.4, -0.2) is 34.1 Å². The van der Waals surface area contributed by atoms with Crippen LogP contribution in [0.5, 0.6) is 0 Å². The average molecular weight is 326 g/mol. The number of carboxylic acid groups (broad SMARTS) is 1. The Hall–Kier alpha value is -2.63. The number of anilines is 3. The van der Waals surface area contributed by atoms with Gasteiger partial charge in [-0.2, -0.15) is 0 Å². The van der Waals surface area contributed by atoms with Crippen LogP contribution in [-0.2, 0) is 11.2 Å². The van der Waals surface area contributed by atoms with Gasteiger partial charge in [0.25, 0.3) is 0 Å². The van der Waals surface area contributed by atoms with Crippen LogP contribution in [0.1, 0.15) is 25.3 Å². The zero-order valence-electron chi connectivity index (χ0n) is 13.8. The number of aromatic nitrogens is 2. The largest absolute Gasteiger partial charge is 0.481 e. The Morgan fingerprint density at radius 1 is 1.25 bits per heavy atom. The number of carbonyl (C=O) groups is 1. The standard InChI is InChI=1S/C18H22N4O2/c1-2-13-3-5-15(6-4-13)21-16-11-17(20-12-19-16)22-9-7-14(8-10-22)18(23)24/h3-6,11-12,14H,2,7-10H2,1H3,(H,23,24)(H,19,20,21). The molecule has 1 saturated heterocycles. The van der Waals surface area contributed by atoms with Gasteiger partial charge in [0, 0.05) is 24.8 Å². The number of hydrogen-bond acceptors (Lipinski definition) is 5. The van der Waals surface area contributed by atoms with Crippen LogP contribution < -0.4 is 10.2 Å². The van der Waals surface area contributed by atoms with E-state index < -0.39 is 5.97 Å². The van der Waals surface area contributed by atoms with Crippen LogP contribution in [0.2, 0.25) is 0 Å². The van der Waals surface area contributed by atoms with Crippen molar-refractivity contribution in [3.63, 3.8) is 0 Å². The van der Waals surface area contributed by atoms with E-state index in [1.807, 2.05) is 18.2 Å². The van der Waals surface area contributed by atoms with E-state index in [9.17, 15) is 4.79 Å². The fraction of sp³-hybridized carbons (Fsp3) is 0.389. The van der Waals surface area contributed by atoms with Crippen LogP contribution in [0.4, 0.5) is 17.3 Å². The van der Waals surface area contributed by atoms with Gasteiger partial charge in [0.05, 0.1) is 5.92 Å². The molecule has 0 unspecified atom stereocenters. The Morgan fingerprint density at radius 2 is 1.96 bits per heavy atom. The van der Waals surface area contributed by atoms with Crippen molar-refractivity contribution in [3.05, 3.63) is 42.2 Å². The second-order valence-corrected chi connectivity index (χ2v) is 6.04. The molecule has 6 nitrogen and oxygen atoms in total. The summed E-state index contributed by atoms with van der Waals surface area (Å²) in [5.41, 5.74) is 2.28. The van der Waals surface area contributed by atoms with Crippen molar-refractivity contribution in [1.29, 1.82) is 0 Å². The third-order valence-electron chi connectivity index (χ3n) is 4.46. The van der Waals surface area contributed by atoms with Crippen molar-refractivity contribution in [1.82, 2.24) is 9.97 Å². The van der Waals surface area contributed by atoms with Crippen molar-refractivity contribution >= 4 is 23.3 Å². The zero-order valence-corrected chi connectivity index (χ0v) is 13.8. The molecule has 0 amide bonds. The molecule has 3 rings (SSSR count). The first-order chi connectivity index (χ1) is 11.7. The molecule has 1 aromatic heterocycles. The lowest BCUT2D eigenvalue weighted by molar-refractivity contribution is -0.142. The first-order valence-corrected chi connectivity index (χ1v) is 8.31. The molecule has 0 bridgehead atoms. The summed E-state index contributed by atoms with van der Waals surface area (Å²) in [6, 6.07) is 10.2. The maximum atomic E-state index is 11.0. The molecule has 1 aromatic carbocycles. The van der Waals surface area contributed by atoms with E-state index in [1.165, 1.54) is 5.56 Å². The van der Waals surface area contributed by atoms with E-state index in [0.717, 1.165) is 23.7 Å². The third kappa shape index (κ3) is 3.82. The Labute approximate surface area is 141 Å². The number of piperidine rings is 1. The number of hydrogen-bond donors (Lipinski definition) is 2. The summed E-state index contributed by atoms with van der Waals surface area (Å²) < 4.78 is 0. The molecule has 0 aliphatic carbocycles. The Morgan fingerprint density at radius 3 is 2.58 bits per heavy atom. The smallest absolute Gasteiger partial charge is 0.306 e. The summed E-state index contributed by atoms with van der Waals surface area (Å²) >= 11 is 0. The minimum atomic E-state index is -0.699. The third-order valence-corrected chi connectivity index (χ3v) is 4.46. The van der Waals surface area contributed by atoms with Gasteiger partial charge in [-0.3, -0.25) is 4.79 Å². The van der Waals surface area contributed by atoms with Gasteiger partial charge in [-0.05, 0) is 37.0 Å². The van der Waals surface area contributed by atoms with E-state index in [4.69, 9.17) is 5.11 Å². The summed E-state index contributed by atoms with van der Waals surface area (Å²) in [5, 5.41) is 12.4. The molecule has 1 aliphatic rings. The summed E-state index contributed by atoms with van der Waals surface area (Å²) in [4.78, 5) is 21.8. The zero-order chi connectivity index (χ0) is 16.9. The number of rotatable bonds is 5. The summed E-state index contributed by atoms with van der Waals surface area (Å²) in [7, 11) is 0. The lowest BCUT2D eigenvalue weighted by Crippen LogP contribution is -2.36. The maximum absolute atomic E-state index is 11.0. The van der Waals surface area contributed by atoms with E-state index in [0.29, 0.717) is 25.9 Å². The van der Waals surface area contributed by atoms with Crippen molar-refractivity contribution in [2.75, 3.05) is 23.3 Å². The first-order valence-electron chi connectivity index (χ1n) is 8.31. The molecule has 0 radical (unpaired) electrons. The monoisotopic (exact) mass is 326 g/mol. The van der Waals surface area contributed by atoms with Gasteiger partial charge >= 0.3 is 5.97 Å². The lowest BCUT2D eigenvalue weighted by Gasteiger charge is -2.31. The molecular formula is C18H22N4O2. The number of nitrogens with zero attached hydrogens (tertiary/aromatic N) is 3. The molecular weight excluding hydrogens is 304 g/mol. The summed E-state index contributed by atoms with van der Waals surface area (Å²) in [5.74, 6) is 0.638. The van der Waals surface area contributed by atoms with Gasteiger partial charge in [-0.15, -0.1) is 0 Å². The molecule has 2 aromatic rings. The number of carboxylic acids is 1. The van der Waals surface area contributed by atoms with Crippen LogP contribution in [0, 0.1) is 5.92 Å².